The van der Waals surface area contributed by atoms with Gasteiger partial charge in [0.25, 0.3) is 0 Å². The Morgan fingerprint density at radius 3 is 2.84 bits per heavy atom. The number of methoxy groups -OCH3 is 1. The molecule has 0 unspecified atom stereocenters. The molecule has 0 radical (unpaired) electrons. The molecular formula is C10H12N4O3S2. The smallest absolute Gasteiger partial charge is 0.247 e. The van der Waals surface area contributed by atoms with E-state index in [4.69, 9.17) is 9.88 Å². The maximum atomic E-state index is 11.1. The molecule has 0 spiro atoms. The molecule has 3 N–H and O–H groups in total. The average molecular weight is 300 g/mol. The normalized spacial score (nSPS) is 11.3. The van der Waals surface area contributed by atoms with Crippen molar-refractivity contribution in [2.45, 2.75) is 10.8 Å². The van der Waals surface area contributed by atoms with Crippen LogP contribution in [-0.2, 0) is 16.6 Å². The first-order valence-electron chi connectivity index (χ1n) is 5.21. The maximum absolute atomic E-state index is 11.1. The van der Waals surface area contributed by atoms with E-state index in [1.807, 2.05) is 0 Å². The summed E-state index contributed by atoms with van der Waals surface area (Å²) in [6.07, 6.45) is 1.57. The van der Waals surface area contributed by atoms with Gasteiger partial charge in [-0.1, -0.05) is 0 Å². The molecular weight excluding hydrogens is 288 g/mol. The van der Waals surface area contributed by atoms with Crippen LogP contribution in [0.4, 0.5) is 5.95 Å². The number of rotatable bonds is 5. The lowest BCUT2D eigenvalue weighted by molar-refractivity contribution is 0.397. The van der Waals surface area contributed by atoms with Gasteiger partial charge in [-0.25, -0.2) is 18.5 Å². The molecule has 2 aromatic heterocycles. The Balaban J connectivity index is 2.04. The number of hydrogen-bond acceptors (Lipinski definition) is 7. The minimum atomic E-state index is -3.64. The molecule has 9 heteroatoms. The second-order valence-electron chi connectivity index (χ2n) is 3.54. The van der Waals surface area contributed by atoms with Gasteiger partial charge in [0.2, 0.25) is 21.9 Å². The molecule has 102 valence electrons. The van der Waals surface area contributed by atoms with Gasteiger partial charge in [-0.2, -0.15) is 4.98 Å². The number of sulfonamides is 1. The van der Waals surface area contributed by atoms with Gasteiger partial charge in [-0.3, -0.25) is 0 Å². The highest BCUT2D eigenvalue weighted by molar-refractivity contribution is 7.91. The van der Waals surface area contributed by atoms with Crippen LogP contribution in [-0.4, -0.2) is 25.5 Å². The molecule has 0 aromatic carbocycles. The second kappa shape index (κ2) is 5.51. The van der Waals surface area contributed by atoms with Gasteiger partial charge < -0.3 is 10.1 Å². The standard InChI is InChI=1S/C10H12N4O3S2/c1-17-8-4-5-12-10(14-8)13-6-7-2-3-9(18-7)19(11,15)16/h2-5H,6H2,1H3,(H2,11,15,16)(H,12,13,14). The highest BCUT2D eigenvalue weighted by Gasteiger charge is 2.11. The predicted octanol–water partition coefficient (Wildman–Crippen LogP) is 0.806. The quantitative estimate of drug-likeness (QED) is 0.846. The summed E-state index contributed by atoms with van der Waals surface area (Å²) in [6.45, 7) is 0.410. The molecule has 0 atom stereocenters. The number of ether oxygens (including phenoxy) is 1. The van der Waals surface area contributed by atoms with Gasteiger partial charge >= 0.3 is 0 Å². The van der Waals surface area contributed by atoms with E-state index in [1.165, 1.54) is 13.2 Å². The van der Waals surface area contributed by atoms with E-state index >= 15 is 0 Å². The third kappa shape index (κ3) is 3.63. The lowest BCUT2D eigenvalue weighted by Gasteiger charge is -2.04. The molecule has 0 aliphatic rings. The van der Waals surface area contributed by atoms with Crippen molar-refractivity contribution in [3.8, 4) is 5.88 Å². The third-order valence-corrected chi connectivity index (χ3v) is 4.70. The number of anilines is 1. The van der Waals surface area contributed by atoms with Crippen LogP contribution in [0.5, 0.6) is 5.88 Å². The Bertz CT molecular complexity index is 669. The topological polar surface area (TPSA) is 107 Å². The second-order valence-corrected chi connectivity index (χ2v) is 6.50. The van der Waals surface area contributed by atoms with Crippen molar-refractivity contribution < 1.29 is 13.2 Å². The highest BCUT2D eigenvalue weighted by Crippen LogP contribution is 2.21. The molecule has 2 rings (SSSR count). The van der Waals surface area contributed by atoms with Crippen molar-refractivity contribution in [1.82, 2.24) is 9.97 Å². The lowest BCUT2D eigenvalue weighted by Crippen LogP contribution is -2.09. The van der Waals surface area contributed by atoms with Crippen LogP contribution in [0.25, 0.3) is 0 Å². The average Bonchev–Trinajstić information content (AvgIpc) is 2.85. The van der Waals surface area contributed by atoms with Gasteiger partial charge in [-0.15, -0.1) is 11.3 Å². The first-order chi connectivity index (χ1) is 8.99. The van der Waals surface area contributed by atoms with Crippen molar-refractivity contribution in [3.05, 3.63) is 29.3 Å². The van der Waals surface area contributed by atoms with Gasteiger partial charge in [-0.05, 0) is 12.1 Å². The number of nitrogens with zero attached hydrogens (tertiary/aromatic N) is 2. The highest BCUT2D eigenvalue weighted by atomic mass is 32.2. The summed E-state index contributed by atoms with van der Waals surface area (Å²) in [5.41, 5.74) is 0. The molecule has 2 heterocycles. The van der Waals surface area contributed by atoms with Crippen LogP contribution in [0, 0.1) is 0 Å². The van der Waals surface area contributed by atoms with E-state index in [0.717, 1.165) is 16.2 Å². The third-order valence-electron chi connectivity index (χ3n) is 2.18. The van der Waals surface area contributed by atoms with E-state index in [0.29, 0.717) is 18.4 Å². The fourth-order valence-corrected chi connectivity index (χ4v) is 3.03. The van der Waals surface area contributed by atoms with Crippen LogP contribution in [0.1, 0.15) is 4.88 Å². The number of nitrogens with two attached hydrogens (primary N) is 1. The van der Waals surface area contributed by atoms with Gasteiger partial charge in [0, 0.05) is 17.1 Å². The molecule has 0 saturated carbocycles. The van der Waals surface area contributed by atoms with Crippen molar-refractivity contribution >= 4 is 27.3 Å². The summed E-state index contributed by atoms with van der Waals surface area (Å²) >= 11 is 1.11. The zero-order chi connectivity index (χ0) is 13.9. The SMILES string of the molecule is COc1ccnc(NCc2ccc(S(N)(=O)=O)s2)n1. The summed E-state index contributed by atoms with van der Waals surface area (Å²) in [5.74, 6) is 0.860. The van der Waals surface area contributed by atoms with Crippen molar-refractivity contribution in [2.24, 2.45) is 5.14 Å². The molecule has 0 aliphatic heterocycles. The summed E-state index contributed by atoms with van der Waals surface area (Å²) in [6, 6.07) is 4.80. The number of thiophene rings is 1. The lowest BCUT2D eigenvalue weighted by atomic mass is 10.5. The Morgan fingerprint density at radius 1 is 1.42 bits per heavy atom. The Hall–Kier alpha value is -1.71. The maximum Gasteiger partial charge on any atom is 0.247 e. The first kappa shape index (κ1) is 13.7. The van der Waals surface area contributed by atoms with E-state index in [9.17, 15) is 8.42 Å². The number of hydrogen-bond donors (Lipinski definition) is 2. The molecule has 0 saturated heterocycles. The van der Waals surface area contributed by atoms with Crippen LogP contribution >= 0.6 is 11.3 Å². The molecule has 0 fully saturated rings. The number of nitrogens with one attached hydrogen (secondary N) is 1. The summed E-state index contributed by atoms with van der Waals surface area (Å²) < 4.78 is 27.4. The minimum absolute atomic E-state index is 0.135. The van der Waals surface area contributed by atoms with Crippen molar-refractivity contribution in [1.29, 1.82) is 0 Å². The Morgan fingerprint density at radius 2 is 2.21 bits per heavy atom. The van der Waals surface area contributed by atoms with Crippen LogP contribution in [0.3, 0.4) is 0 Å². The molecule has 2 aromatic rings. The largest absolute Gasteiger partial charge is 0.481 e. The zero-order valence-corrected chi connectivity index (χ0v) is 11.7. The first-order valence-corrected chi connectivity index (χ1v) is 7.58. The van der Waals surface area contributed by atoms with Gasteiger partial charge in [0.15, 0.2) is 0 Å². The van der Waals surface area contributed by atoms with Gasteiger partial charge in [0.1, 0.15) is 4.21 Å². The summed E-state index contributed by atoms with van der Waals surface area (Å²) in [7, 11) is -2.12. The Kier molecular flexibility index (Phi) is 3.98. The summed E-state index contributed by atoms with van der Waals surface area (Å²) in [5, 5.41) is 8.01. The summed E-state index contributed by atoms with van der Waals surface area (Å²) in [4.78, 5) is 8.91. The van der Waals surface area contributed by atoms with E-state index < -0.39 is 10.0 Å². The van der Waals surface area contributed by atoms with Crippen molar-refractivity contribution in [2.75, 3.05) is 12.4 Å². The molecule has 0 amide bonds. The molecule has 19 heavy (non-hydrogen) atoms. The fourth-order valence-electron chi connectivity index (χ4n) is 1.31. The van der Waals surface area contributed by atoms with Crippen LogP contribution in [0.2, 0.25) is 0 Å². The predicted molar refractivity (Wildman–Crippen MR) is 71.6 cm³/mol. The monoisotopic (exact) mass is 300 g/mol. The van der Waals surface area contributed by atoms with Crippen molar-refractivity contribution in [3.63, 3.8) is 0 Å². The van der Waals surface area contributed by atoms with E-state index in [-0.39, 0.29) is 4.21 Å². The minimum Gasteiger partial charge on any atom is -0.481 e. The molecule has 0 aliphatic carbocycles. The van der Waals surface area contributed by atoms with E-state index in [1.54, 1.807) is 18.3 Å². The molecule has 0 bridgehead atoms. The number of primary sulfonamides is 1. The zero-order valence-electron chi connectivity index (χ0n) is 10.0. The van der Waals surface area contributed by atoms with Crippen LogP contribution in [0.15, 0.2) is 28.6 Å². The van der Waals surface area contributed by atoms with Gasteiger partial charge in [0.05, 0.1) is 13.7 Å². The Labute approximate surface area is 114 Å². The van der Waals surface area contributed by atoms with Crippen LogP contribution < -0.4 is 15.2 Å². The number of aromatic nitrogens is 2. The van der Waals surface area contributed by atoms with E-state index in [2.05, 4.69) is 15.3 Å². The fraction of sp³-hybridized carbons (Fsp3) is 0.200. The molecule has 7 nitrogen and oxygen atoms in total.